The molecule has 4 heteroatoms. The third-order valence-electron chi connectivity index (χ3n) is 3.65. The number of hydrogen-bond acceptors (Lipinski definition) is 3. The number of carbonyl (C=O) groups is 1. The van der Waals surface area contributed by atoms with Crippen molar-refractivity contribution in [3.8, 4) is 5.75 Å². The maximum Gasteiger partial charge on any atom is 0.257 e. The largest absolute Gasteiger partial charge is 0.484 e. The summed E-state index contributed by atoms with van der Waals surface area (Å²) in [4.78, 5) is 11.6. The van der Waals surface area contributed by atoms with E-state index in [1.807, 2.05) is 32.0 Å². The van der Waals surface area contributed by atoms with Crippen molar-refractivity contribution >= 4 is 5.91 Å². The minimum atomic E-state index is -0.173. The van der Waals surface area contributed by atoms with Crippen LogP contribution in [0.25, 0.3) is 0 Å². The van der Waals surface area contributed by atoms with Gasteiger partial charge < -0.3 is 15.2 Å². The number of nitrogens with one attached hydrogen (secondary N) is 1. The van der Waals surface area contributed by atoms with E-state index < -0.39 is 0 Å². The first-order valence-corrected chi connectivity index (χ1v) is 6.69. The molecule has 0 spiro atoms. The Labute approximate surface area is 113 Å². The van der Waals surface area contributed by atoms with E-state index in [9.17, 15) is 4.79 Å². The highest BCUT2D eigenvalue weighted by Crippen LogP contribution is 2.26. The molecule has 0 unspecified atom stereocenters. The van der Waals surface area contributed by atoms with Gasteiger partial charge in [0.15, 0.2) is 6.61 Å². The predicted octanol–water partition coefficient (Wildman–Crippen LogP) is 1.57. The molecule has 0 saturated heterocycles. The van der Waals surface area contributed by atoms with E-state index in [0.29, 0.717) is 12.5 Å². The number of aliphatic hydroxyl groups is 1. The second-order valence-corrected chi connectivity index (χ2v) is 5.33. The molecule has 0 aliphatic heterocycles. The van der Waals surface area contributed by atoms with Crippen molar-refractivity contribution in [2.24, 2.45) is 5.92 Å². The van der Waals surface area contributed by atoms with Gasteiger partial charge >= 0.3 is 0 Å². The van der Waals surface area contributed by atoms with Crippen LogP contribution in [0.4, 0.5) is 0 Å². The molecule has 2 rings (SSSR count). The monoisotopic (exact) mass is 263 g/mol. The van der Waals surface area contributed by atoms with Gasteiger partial charge in [0, 0.05) is 6.54 Å². The minimum absolute atomic E-state index is 0.0395. The van der Waals surface area contributed by atoms with Crippen molar-refractivity contribution < 1.29 is 14.6 Å². The smallest absolute Gasteiger partial charge is 0.257 e. The van der Waals surface area contributed by atoms with Crippen LogP contribution in [0.5, 0.6) is 5.75 Å². The van der Waals surface area contributed by atoms with E-state index in [4.69, 9.17) is 9.84 Å². The van der Waals surface area contributed by atoms with E-state index in [-0.39, 0.29) is 18.6 Å². The SMILES string of the molecule is Cc1ccc(OCC(=O)NCC2CC(O)C2)cc1C. The maximum absolute atomic E-state index is 11.6. The number of hydrogen-bond donors (Lipinski definition) is 2. The van der Waals surface area contributed by atoms with Gasteiger partial charge in [0.1, 0.15) is 5.75 Å². The number of carbonyl (C=O) groups excluding carboxylic acids is 1. The van der Waals surface area contributed by atoms with Gasteiger partial charge in [0.05, 0.1) is 6.10 Å². The van der Waals surface area contributed by atoms with E-state index in [0.717, 1.165) is 24.2 Å². The van der Waals surface area contributed by atoms with Crippen molar-refractivity contribution in [2.45, 2.75) is 32.8 Å². The van der Waals surface area contributed by atoms with Gasteiger partial charge in [-0.2, -0.15) is 0 Å². The number of amides is 1. The van der Waals surface area contributed by atoms with Crippen LogP contribution in [0, 0.1) is 19.8 Å². The Hall–Kier alpha value is -1.55. The Balaban J connectivity index is 1.69. The minimum Gasteiger partial charge on any atom is -0.484 e. The average molecular weight is 263 g/mol. The molecule has 1 aliphatic carbocycles. The summed E-state index contributed by atoms with van der Waals surface area (Å²) in [5, 5.41) is 12.0. The molecule has 2 N–H and O–H groups in total. The summed E-state index contributed by atoms with van der Waals surface area (Å²) >= 11 is 0. The third-order valence-corrected chi connectivity index (χ3v) is 3.65. The van der Waals surface area contributed by atoms with Gasteiger partial charge in [0.25, 0.3) is 5.91 Å². The van der Waals surface area contributed by atoms with E-state index in [1.54, 1.807) is 0 Å². The van der Waals surface area contributed by atoms with Crippen LogP contribution in [-0.2, 0) is 4.79 Å². The molecule has 0 bridgehead atoms. The summed E-state index contributed by atoms with van der Waals surface area (Å²) in [5.41, 5.74) is 2.36. The molecule has 19 heavy (non-hydrogen) atoms. The first-order valence-electron chi connectivity index (χ1n) is 6.69. The second kappa shape index (κ2) is 6.06. The molecule has 0 radical (unpaired) electrons. The third kappa shape index (κ3) is 3.96. The zero-order valence-electron chi connectivity index (χ0n) is 11.5. The lowest BCUT2D eigenvalue weighted by Crippen LogP contribution is -2.39. The number of benzene rings is 1. The Morgan fingerprint density at radius 2 is 2.11 bits per heavy atom. The van der Waals surface area contributed by atoms with E-state index in [1.165, 1.54) is 5.56 Å². The molecule has 0 heterocycles. The van der Waals surface area contributed by atoms with Crippen molar-refractivity contribution in [2.75, 3.05) is 13.2 Å². The number of aryl methyl sites for hydroxylation is 2. The quantitative estimate of drug-likeness (QED) is 0.847. The lowest BCUT2D eigenvalue weighted by molar-refractivity contribution is -0.123. The summed E-state index contributed by atoms with van der Waals surface area (Å²) in [6, 6.07) is 5.79. The average Bonchev–Trinajstić information content (AvgIpc) is 2.34. The molecule has 1 aromatic rings. The fraction of sp³-hybridized carbons (Fsp3) is 0.533. The topological polar surface area (TPSA) is 58.6 Å². The molecule has 0 atom stereocenters. The molecule has 0 aromatic heterocycles. The fourth-order valence-electron chi connectivity index (χ4n) is 2.13. The highest BCUT2D eigenvalue weighted by atomic mass is 16.5. The summed E-state index contributed by atoms with van der Waals surface area (Å²) < 4.78 is 5.45. The lowest BCUT2D eigenvalue weighted by atomic mass is 9.82. The van der Waals surface area contributed by atoms with E-state index >= 15 is 0 Å². The van der Waals surface area contributed by atoms with Crippen LogP contribution in [0.1, 0.15) is 24.0 Å². The van der Waals surface area contributed by atoms with Crippen molar-refractivity contribution in [1.82, 2.24) is 5.32 Å². The Morgan fingerprint density at radius 1 is 1.37 bits per heavy atom. The van der Waals surface area contributed by atoms with Gasteiger partial charge in [-0.25, -0.2) is 0 Å². The van der Waals surface area contributed by atoms with Crippen LogP contribution >= 0.6 is 0 Å². The van der Waals surface area contributed by atoms with Gasteiger partial charge in [-0.3, -0.25) is 4.79 Å². The van der Waals surface area contributed by atoms with Crippen LogP contribution in [0.3, 0.4) is 0 Å². The summed E-state index contributed by atoms with van der Waals surface area (Å²) in [7, 11) is 0. The van der Waals surface area contributed by atoms with Crippen molar-refractivity contribution in [3.05, 3.63) is 29.3 Å². The highest BCUT2D eigenvalue weighted by Gasteiger charge is 2.27. The first kappa shape index (κ1) is 13.9. The van der Waals surface area contributed by atoms with Crippen LogP contribution < -0.4 is 10.1 Å². The number of rotatable bonds is 5. The van der Waals surface area contributed by atoms with Gasteiger partial charge in [-0.05, 0) is 55.9 Å². The van der Waals surface area contributed by atoms with Gasteiger partial charge in [-0.15, -0.1) is 0 Å². The lowest BCUT2D eigenvalue weighted by Gasteiger charge is -2.31. The molecule has 1 aromatic carbocycles. The van der Waals surface area contributed by atoms with Crippen LogP contribution in [-0.4, -0.2) is 30.3 Å². The second-order valence-electron chi connectivity index (χ2n) is 5.33. The standard InChI is InChI=1S/C15H21NO3/c1-10-3-4-14(5-11(10)2)19-9-15(18)16-8-12-6-13(17)7-12/h3-5,12-13,17H,6-9H2,1-2H3,(H,16,18). The van der Waals surface area contributed by atoms with Crippen molar-refractivity contribution in [1.29, 1.82) is 0 Å². The first-order chi connectivity index (χ1) is 9.04. The molecule has 1 fully saturated rings. The summed E-state index contributed by atoms with van der Waals surface area (Å²) in [5.74, 6) is 1.03. The highest BCUT2D eigenvalue weighted by molar-refractivity contribution is 5.77. The van der Waals surface area contributed by atoms with Crippen molar-refractivity contribution in [3.63, 3.8) is 0 Å². The number of ether oxygens (including phenoxy) is 1. The summed E-state index contributed by atoms with van der Waals surface area (Å²) in [6.07, 6.45) is 1.41. The van der Waals surface area contributed by atoms with Crippen LogP contribution in [0.15, 0.2) is 18.2 Å². The molecular weight excluding hydrogens is 242 g/mol. The zero-order chi connectivity index (χ0) is 13.8. The maximum atomic E-state index is 11.6. The molecule has 1 amide bonds. The normalized spacial score (nSPS) is 21.6. The zero-order valence-corrected chi connectivity index (χ0v) is 11.5. The molecule has 1 aliphatic rings. The van der Waals surface area contributed by atoms with E-state index in [2.05, 4.69) is 5.32 Å². The molecular formula is C15H21NO3. The summed E-state index contributed by atoms with van der Waals surface area (Å²) in [6.45, 7) is 4.73. The number of aliphatic hydroxyl groups excluding tert-OH is 1. The Morgan fingerprint density at radius 3 is 2.74 bits per heavy atom. The molecule has 1 saturated carbocycles. The predicted molar refractivity (Wildman–Crippen MR) is 73.2 cm³/mol. The van der Waals surface area contributed by atoms with Crippen LogP contribution in [0.2, 0.25) is 0 Å². The Kier molecular flexibility index (Phi) is 4.43. The Bertz CT molecular complexity index is 453. The molecule has 104 valence electrons. The fourth-order valence-corrected chi connectivity index (χ4v) is 2.13. The van der Waals surface area contributed by atoms with Gasteiger partial charge in [-0.1, -0.05) is 6.07 Å². The van der Waals surface area contributed by atoms with Gasteiger partial charge in [0.2, 0.25) is 0 Å². The molecule has 4 nitrogen and oxygen atoms in total.